The number of likely N-dealkylation sites (N-methyl/N-ethyl adjacent to an activating group) is 1. The lowest BCUT2D eigenvalue weighted by atomic mass is 10.3. The summed E-state index contributed by atoms with van der Waals surface area (Å²) in [5, 5.41) is 12.6. The van der Waals surface area contributed by atoms with Crippen LogP contribution in [0.15, 0.2) is 10.6 Å². The van der Waals surface area contributed by atoms with Crippen LogP contribution in [-0.2, 0) is 17.9 Å². The van der Waals surface area contributed by atoms with Gasteiger partial charge in [-0.15, -0.1) is 0 Å². The van der Waals surface area contributed by atoms with Gasteiger partial charge in [-0.3, -0.25) is 4.90 Å². The van der Waals surface area contributed by atoms with Crippen molar-refractivity contribution in [1.82, 2.24) is 10.1 Å². The average Bonchev–Trinajstić information content (AvgIpc) is 2.53. The van der Waals surface area contributed by atoms with Gasteiger partial charge in [0.1, 0.15) is 6.61 Å². The summed E-state index contributed by atoms with van der Waals surface area (Å²) < 4.78 is 9.93. The second-order valence-corrected chi connectivity index (χ2v) is 3.18. The van der Waals surface area contributed by atoms with Gasteiger partial charge in [-0.25, -0.2) is 0 Å². The van der Waals surface area contributed by atoms with E-state index in [9.17, 15) is 0 Å². The van der Waals surface area contributed by atoms with Crippen molar-refractivity contribution in [2.45, 2.75) is 13.2 Å². The van der Waals surface area contributed by atoms with Crippen molar-refractivity contribution in [3.05, 3.63) is 17.5 Å². The highest BCUT2D eigenvalue weighted by molar-refractivity contribution is 5.04. The molecule has 0 atom stereocenters. The molecular formula is C9H16N2O3. The Morgan fingerprint density at radius 3 is 3.07 bits per heavy atom. The molecule has 0 aliphatic rings. The summed E-state index contributed by atoms with van der Waals surface area (Å²) in [7, 11) is 3.53. The number of aromatic nitrogens is 1. The standard InChI is InChI=1S/C9H16N2O3/c1-11(3-4-12)6-8-5-9(7-13-2)14-10-8/h5,12H,3-4,6-7H2,1-2H3. The number of ether oxygens (including phenoxy) is 1. The molecule has 0 saturated heterocycles. The second-order valence-electron chi connectivity index (χ2n) is 3.18. The predicted octanol–water partition coefficient (Wildman–Crippen LogP) is 0.245. The molecule has 0 amide bonds. The zero-order valence-electron chi connectivity index (χ0n) is 8.56. The summed E-state index contributed by atoms with van der Waals surface area (Å²) in [5.74, 6) is 0.722. The van der Waals surface area contributed by atoms with Crippen molar-refractivity contribution in [3.63, 3.8) is 0 Å². The van der Waals surface area contributed by atoms with Gasteiger partial charge < -0.3 is 14.4 Å². The van der Waals surface area contributed by atoms with Gasteiger partial charge in [-0.2, -0.15) is 0 Å². The van der Waals surface area contributed by atoms with Gasteiger partial charge >= 0.3 is 0 Å². The van der Waals surface area contributed by atoms with Gasteiger partial charge in [-0.1, -0.05) is 5.16 Å². The molecule has 1 aromatic heterocycles. The lowest BCUT2D eigenvalue weighted by Gasteiger charge is -2.11. The van der Waals surface area contributed by atoms with Crippen LogP contribution in [0.5, 0.6) is 0 Å². The van der Waals surface area contributed by atoms with Crippen LogP contribution < -0.4 is 0 Å². The quantitative estimate of drug-likeness (QED) is 0.713. The molecule has 80 valence electrons. The molecule has 0 bridgehead atoms. The topological polar surface area (TPSA) is 58.7 Å². The van der Waals surface area contributed by atoms with Crippen LogP contribution in [0.1, 0.15) is 11.5 Å². The molecule has 0 fully saturated rings. The summed E-state index contributed by atoms with van der Waals surface area (Å²) in [4.78, 5) is 1.97. The normalized spacial score (nSPS) is 11.1. The highest BCUT2D eigenvalue weighted by Crippen LogP contribution is 2.06. The number of nitrogens with zero attached hydrogens (tertiary/aromatic N) is 2. The SMILES string of the molecule is COCc1cc(CN(C)CCO)no1. The minimum Gasteiger partial charge on any atom is -0.395 e. The fourth-order valence-electron chi connectivity index (χ4n) is 1.17. The highest BCUT2D eigenvalue weighted by atomic mass is 16.5. The Morgan fingerprint density at radius 2 is 2.43 bits per heavy atom. The van der Waals surface area contributed by atoms with E-state index in [0.717, 1.165) is 11.5 Å². The monoisotopic (exact) mass is 200 g/mol. The van der Waals surface area contributed by atoms with Crippen molar-refractivity contribution < 1.29 is 14.4 Å². The summed E-state index contributed by atoms with van der Waals surface area (Å²) >= 11 is 0. The number of rotatable bonds is 6. The molecule has 0 aromatic carbocycles. The van der Waals surface area contributed by atoms with E-state index in [4.69, 9.17) is 14.4 Å². The van der Waals surface area contributed by atoms with Crippen LogP contribution in [0.3, 0.4) is 0 Å². The number of aliphatic hydroxyl groups excluding tert-OH is 1. The van der Waals surface area contributed by atoms with Gasteiger partial charge in [0.05, 0.1) is 12.3 Å². The molecule has 0 unspecified atom stereocenters. The summed E-state index contributed by atoms with van der Waals surface area (Å²) in [5.41, 5.74) is 0.855. The van der Waals surface area contributed by atoms with Gasteiger partial charge in [0.15, 0.2) is 5.76 Å². The van der Waals surface area contributed by atoms with E-state index in [-0.39, 0.29) is 6.61 Å². The fourth-order valence-corrected chi connectivity index (χ4v) is 1.17. The Morgan fingerprint density at radius 1 is 1.64 bits per heavy atom. The molecule has 1 heterocycles. The maximum Gasteiger partial charge on any atom is 0.162 e. The molecule has 0 spiro atoms. The van der Waals surface area contributed by atoms with Crippen molar-refractivity contribution in [2.24, 2.45) is 0 Å². The lowest BCUT2D eigenvalue weighted by Crippen LogP contribution is -2.21. The molecule has 14 heavy (non-hydrogen) atoms. The van der Waals surface area contributed by atoms with Crippen LogP contribution in [0.4, 0.5) is 0 Å². The highest BCUT2D eigenvalue weighted by Gasteiger charge is 2.06. The third-order valence-electron chi connectivity index (χ3n) is 1.81. The Hall–Kier alpha value is -0.910. The third kappa shape index (κ3) is 3.45. The first-order chi connectivity index (χ1) is 6.76. The first kappa shape index (κ1) is 11.2. The molecule has 0 radical (unpaired) electrons. The Kier molecular flexibility index (Phi) is 4.58. The Labute approximate surface area is 83.3 Å². The van der Waals surface area contributed by atoms with Crippen LogP contribution >= 0.6 is 0 Å². The van der Waals surface area contributed by atoms with E-state index < -0.39 is 0 Å². The first-order valence-electron chi connectivity index (χ1n) is 4.49. The molecule has 0 saturated carbocycles. The minimum absolute atomic E-state index is 0.152. The minimum atomic E-state index is 0.152. The number of hydrogen-bond acceptors (Lipinski definition) is 5. The molecule has 1 aromatic rings. The van der Waals surface area contributed by atoms with E-state index in [1.165, 1.54) is 0 Å². The first-order valence-corrected chi connectivity index (χ1v) is 4.49. The van der Waals surface area contributed by atoms with E-state index in [1.807, 2.05) is 18.0 Å². The van der Waals surface area contributed by atoms with E-state index >= 15 is 0 Å². The molecule has 0 aliphatic carbocycles. The number of methoxy groups -OCH3 is 1. The van der Waals surface area contributed by atoms with E-state index in [2.05, 4.69) is 5.16 Å². The van der Waals surface area contributed by atoms with Gasteiger partial charge in [0.2, 0.25) is 0 Å². The zero-order valence-corrected chi connectivity index (χ0v) is 8.56. The predicted molar refractivity (Wildman–Crippen MR) is 50.6 cm³/mol. The zero-order chi connectivity index (χ0) is 10.4. The summed E-state index contributed by atoms with van der Waals surface area (Å²) in [6.45, 7) is 1.90. The average molecular weight is 200 g/mol. The Bertz CT molecular complexity index is 262. The van der Waals surface area contributed by atoms with Crippen LogP contribution in [0.25, 0.3) is 0 Å². The lowest BCUT2D eigenvalue weighted by molar-refractivity contribution is 0.155. The van der Waals surface area contributed by atoms with E-state index in [1.54, 1.807) is 7.11 Å². The maximum absolute atomic E-state index is 8.70. The maximum atomic E-state index is 8.70. The largest absolute Gasteiger partial charge is 0.395 e. The van der Waals surface area contributed by atoms with Crippen molar-refractivity contribution in [3.8, 4) is 0 Å². The molecule has 1 N–H and O–H groups in total. The Balaban J connectivity index is 2.42. The molecule has 5 nitrogen and oxygen atoms in total. The van der Waals surface area contributed by atoms with Crippen LogP contribution in [0, 0.1) is 0 Å². The van der Waals surface area contributed by atoms with Crippen LogP contribution in [-0.4, -0.2) is 42.5 Å². The summed E-state index contributed by atoms with van der Waals surface area (Å²) in [6.07, 6.45) is 0. The summed E-state index contributed by atoms with van der Waals surface area (Å²) in [6, 6.07) is 1.86. The van der Waals surface area contributed by atoms with Crippen molar-refractivity contribution >= 4 is 0 Å². The smallest absolute Gasteiger partial charge is 0.162 e. The van der Waals surface area contributed by atoms with Crippen molar-refractivity contribution in [2.75, 3.05) is 27.3 Å². The van der Waals surface area contributed by atoms with E-state index in [0.29, 0.717) is 19.7 Å². The van der Waals surface area contributed by atoms with Gasteiger partial charge in [-0.05, 0) is 7.05 Å². The fraction of sp³-hybridized carbons (Fsp3) is 0.667. The third-order valence-corrected chi connectivity index (χ3v) is 1.81. The van der Waals surface area contributed by atoms with Gasteiger partial charge in [0, 0.05) is 26.3 Å². The van der Waals surface area contributed by atoms with Gasteiger partial charge in [0.25, 0.3) is 0 Å². The molecule has 5 heteroatoms. The molecule has 1 rings (SSSR count). The number of aliphatic hydroxyl groups is 1. The number of hydrogen-bond donors (Lipinski definition) is 1. The molecule has 0 aliphatic heterocycles. The molecular weight excluding hydrogens is 184 g/mol. The second kappa shape index (κ2) is 5.74. The van der Waals surface area contributed by atoms with Crippen molar-refractivity contribution in [1.29, 1.82) is 0 Å². The van der Waals surface area contributed by atoms with Crippen LogP contribution in [0.2, 0.25) is 0 Å².